The number of rotatable bonds is 6. The Bertz CT molecular complexity index is 1050. The molecule has 33 heavy (non-hydrogen) atoms. The van der Waals surface area contributed by atoms with Crippen molar-refractivity contribution in [2.24, 2.45) is 0 Å². The smallest absolute Gasteiger partial charge is 0.223 e. The molecule has 0 bridgehead atoms. The summed E-state index contributed by atoms with van der Waals surface area (Å²) < 4.78 is 5.97. The second-order valence-electron chi connectivity index (χ2n) is 8.64. The first-order valence-electron chi connectivity index (χ1n) is 11.7. The fraction of sp³-hybridized carbons (Fsp3) is 0.385. The Morgan fingerprint density at radius 2 is 1.94 bits per heavy atom. The summed E-state index contributed by atoms with van der Waals surface area (Å²) in [5, 5.41) is 2.07. The highest BCUT2D eigenvalue weighted by Crippen LogP contribution is 2.26. The van der Waals surface area contributed by atoms with Crippen molar-refractivity contribution in [2.45, 2.75) is 25.9 Å². The molecule has 2 aliphatic rings. The van der Waals surface area contributed by atoms with Gasteiger partial charge in [-0.15, -0.1) is 11.3 Å². The van der Waals surface area contributed by atoms with Gasteiger partial charge in [-0.3, -0.25) is 9.69 Å². The van der Waals surface area contributed by atoms with Gasteiger partial charge in [-0.25, -0.2) is 4.98 Å². The van der Waals surface area contributed by atoms with Crippen LogP contribution in [0.3, 0.4) is 0 Å². The number of nitrogens with zero attached hydrogens (tertiary/aromatic N) is 4. The predicted octanol–water partition coefficient (Wildman–Crippen LogP) is 3.82. The quantitative estimate of drug-likeness (QED) is 0.557. The number of carbonyl (C=O) groups is 1. The Hall–Kier alpha value is -2.90. The molecule has 1 fully saturated rings. The summed E-state index contributed by atoms with van der Waals surface area (Å²) in [5.41, 5.74) is 2.39. The first-order chi connectivity index (χ1) is 16.2. The average molecular weight is 463 g/mol. The van der Waals surface area contributed by atoms with Gasteiger partial charge in [-0.2, -0.15) is 0 Å². The lowest BCUT2D eigenvalue weighted by Crippen LogP contribution is -2.46. The molecular formula is C26H30N4O2S. The van der Waals surface area contributed by atoms with Gasteiger partial charge in [-0.1, -0.05) is 18.2 Å². The van der Waals surface area contributed by atoms with E-state index in [1.807, 2.05) is 29.3 Å². The third kappa shape index (κ3) is 5.54. The number of aromatic nitrogens is 1. The molecule has 0 aliphatic carbocycles. The minimum absolute atomic E-state index is 0.205. The van der Waals surface area contributed by atoms with Gasteiger partial charge >= 0.3 is 0 Å². The van der Waals surface area contributed by atoms with E-state index in [-0.39, 0.29) is 5.91 Å². The molecular weight excluding hydrogens is 432 g/mol. The van der Waals surface area contributed by atoms with Gasteiger partial charge in [0, 0.05) is 62.3 Å². The lowest BCUT2D eigenvalue weighted by molar-refractivity contribution is -0.131. The lowest BCUT2D eigenvalue weighted by atomic mass is 10.1. The van der Waals surface area contributed by atoms with E-state index in [2.05, 4.69) is 50.5 Å². The number of hydrogen-bond donors (Lipinski definition) is 0. The van der Waals surface area contributed by atoms with Crippen molar-refractivity contribution in [3.05, 3.63) is 76.1 Å². The fourth-order valence-electron chi connectivity index (χ4n) is 4.54. The van der Waals surface area contributed by atoms with Crippen LogP contribution in [-0.4, -0.2) is 60.0 Å². The standard InChI is InChI=1S/C26H30N4O2S/c31-26(9-7-23-4-3-17-33-23)30-15-16-32-24-8-6-21(18-22(24)20-30)19-28-11-13-29(14-12-28)25-5-1-2-10-27-25/h1-6,8,10,17-18H,7,9,11-16,19-20H2. The number of piperazine rings is 1. The van der Waals surface area contributed by atoms with Gasteiger partial charge in [0.2, 0.25) is 5.91 Å². The third-order valence-electron chi connectivity index (χ3n) is 6.37. The Labute approximate surface area is 199 Å². The van der Waals surface area contributed by atoms with Gasteiger partial charge in [-0.05, 0) is 47.7 Å². The molecule has 5 rings (SSSR count). The molecule has 0 atom stereocenters. The van der Waals surface area contributed by atoms with Gasteiger partial charge in [0.05, 0.1) is 6.54 Å². The first-order valence-corrected chi connectivity index (χ1v) is 12.6. The maximum Gasteiger partial charge on any atom is 0.223 e. The van der Waals surface area contributed by atoms with E-state index in [4.69, 9.17) is 4.74 Å². The fourth-order valence-corrected chi connectivity index (χ4v) is 5.25. The van der Waals surface area contributed by atoms with Gasteiger partial charge < -0.3 is 14.5 Å². The van der Waals surface area contributed by atoms with Gasteiger partial charge in [0.1, 0.15) is 18.2 Å². The topological polar surface area (TPSA) is 48.9 Å². The highest BCUT2D eigenvalue weighted by atomic mass is 32.1. The zero-order chi connectivity index (χ0) is 22.5. The molecule has 1 aromatic carbocycles. The highest BCUT2D eigenvalue weighted by molar-refractivity contribution is 7.09. The van der Waals surface area contributed by atoms with Crippen molar-refractivity contribution in [1.29, 1.82) is 0 Å². The molecule has 7 heteroatoms. The van der Waals surface area contributed by atoms with Crippen LogP contribution in [0.15, 0.2) is 60.1 Å². The van der Waals surface area contributed by atoms with Crippen LogP contribution < -0.4 is 9.64 Å². The molecule has 2 aromatic heterocycles. The van der Waals surface area contributed by atoms with Crippen LogP contribution >= 0.6 is 11.3 Å². The van der Waals surface area contributed by atoms with Crippen molar-refractivity contribution in [2.75, 3.05) is 44.2 Å². The van der Waals surface area contributed by atoms with Crippen LogP contribution in [0, 0.1) is 0 Å². The first kappa shape index (κ1) is 21.9. The van der Waals surface area contributed by atoms with Crippen molar-refractivity contribution in [3.8, 4) is 5.75 Å². The Morgan fingerprint density at radius 1 is 1.03 bits per heavy atom. The number of fused-ring (bicyclic) bond motifs is 1. The van der Waals surface area contributed by atoms with E-state index in [1.54, 1.807) is 11.3 Å². The summed E-state index contributed by atoms with van der Waals surface area (Å²) in [6, 6.07) is 16.7. The number of anilines is 1. The number of pyridine rings is 1. The van der Waals surface area contributed by atoms with Crippen LogP contribution in [0.5, 0.6) is 5.75 Å². The van der Waals surface area contributed by atoms with Crippen molar-refractivity contribution in [3.63, 3.8) is 0 Å². The summed E-state index contributed by atoms with van der Waals surface area (Å²) in [5.74, 6) is 2.17. The molecule has 1 saturated heterocycles. The molecule has 6 nitrogen and oxygen atoms in total. The largest absolute Gasteiger partial charge is 0.491 e. The maximum absolute atomic E-state index is 12.9. The highest BCUT2D eigenvalue weighted by Gasteiger charge is 2.22. The van der Waals surface area contributed by atoms with E-state index in [0.29, 0.717) is 26.1 Å². The maximum atomic E-state index is 12.9. The van der Waals surface area contributed by atoms with Crippen LogP contribution in [0.25, 0.3) is 0 Å². The van der Waals surface area contributed by atoms with E-state index in [9.17, 15) is 4.79 Å². The van der Waals surface area contributed by atoms with Gasteiger partial charge in [0.15, 0.2) is 0 Å². The van der Waals surface area contributed by atoms with E-state index < -0.39 is 0 Å². The summed E-state index contributed by atoms with van der Waals surface area (Å²) in [6.07, 6.45) is 3.22. The normalized spacial score (nSPS) is 16.7. The molecule has 0 unspecified atom stereocenters. The molecule has 4 heterocycles. The minimum atomic E-state index is 0.205. The zero-order valence-corrected chi connectivity index (χ0v) is 19.7. The molecule has 0 spiro atoms. The van der Waals surface area contributed by atoms with Crippen molar-refractivity contribution < 1.29 is 9.53 Å². The minimum Gasteiger partial charge on any atom is -0.491 e. The zero-order valence-electron chi connectivity index (χ0n) is 18.9. The lowest BCUT2D eigenvalue weighted by Gasteiger charge is -2.35. The molecule has 1 amide bonds. The summed E-state index contributed by atoms with van der Waals surface area (Å²) in [6.45, 7) is 6.72. The summed E-state index contributed by atoms with van der Waals surface area (Å²) in [4.78, 5) is 25.4. The van der Waals surface area contributed by atoms with Crippen molar-refractivity contribution in [1.82, 2.24) is 14.8 Å². The number of benzene rings is 1. The number of carbonyl (C=O) groups excluding carboxylic acids is 1. The Kier molecular flexibility index (Phi) is 6.88. The average Bonchev–Trinajstić information content (AvgIpc) is 3.29. The molecule has 0 N–H and O–H groups in total. The van der Waals surface area contributed by atoms with Crippen molar-refractivity contribution >= 4 is 23.1 Å². The van der Waals surface area contributed by atoms with E-state index in [1.165, 1.54) is 10.4 Å². The number of ether oxygens (including phenoxy) is 1. The second-order valence-corrected chi connectivity index (χ2v) is 9.67. The summed E-state index contributed by atoms with van der Waals surface area (Å²) >= 11 is 1.71. The molecule has 0 radical (unpaired) electrons. The number of amides is 1. The van der Waals surface area contributed by atoms with Crippen LogP contribution in [-0.2, 0) is 24.3 Å². The van der Waals surface area contributed by atoms with E-state index in [0.717, 1.165) is 56.3 Å². The SMILES string of the molecule is O=C(CCc1cccs1)N1CCOc2ccc(CN3CCN(c4ccccn4)CC3)cc2C1. The van der Waals surface area contributed by atoms with E-state index >= 15 is 0 Å². The van der Waals surface area contributed by atoms with Crippen LogP contribution in [0.1, 0.15) is 22.4 Å². The van der Waals surface area contributed by atoms with Crippen LogP contribution in [0.2, 0.25) is 0 Å². The second kappa shape index (κ2) is 10.4. The Balaban J connectivity index is 1.18. The van der Waals surface area contributed by atoms with Gasteiger partial charge in [0.25, 0.3) is 0 Å². The number of hydrogen-bond acceptors (Lipinski definition) is 6. The molecule has 0 saturated carbocycles. The summed E-state index contributed by atoms with van der Waals surface area (Å²) in [7, 11) is 0. The molecule has 2 aliphatic heterocycles. The predicted molar refractivity (Wildman–Crippen MR) is 132 cm³/mol. The number of thiophene rings is 1. The monoisotopic (exact) mass is 462 g/mol. The third-order valence-corrected chi connectivity index (χ3v) is 7.31. The van der Waals surface area contributed by atoms with Crippen LogP contribution in [0.4, 0.5) is 5.82 Å². The number of aryl methyl sites for hydroxylation is 1. The molecule has 3 aromatic rings. The molecule has 172 valence electrons. The Morgan fingerprint density at radius 3 is 2.73 bits per heavy atom.